The summed E-state index contributed by atoms with van der Waals surface area (Å²) in [6, 6.07) is -0.967. The van der Waals surface area contributed by atoms with Crippen LogP contribution in [0.3, 0.4) is 0 Å². The van der Waals surface area contributed by atoms with Crippen molar-refractivity contribution in [2.75, 3.05) is 13.7 Å². The summed E-state index contributed by atoms with van der Waals surface area (Å²) >= 11 is 0. The van der Waals surface area contributed by atoms with Gasteiger partial charge in [-0.1, -0.05) is 0 Å². The first kappa shape index (κ1) is 13.3. The van der Waals surface area contributed by atoms with Crippen LogP contribution in [0.4, 0.5) is 0 Å². The van der Waals surface area contributed by atoms with Crippen LogP contribution in [0.15, 0.2) is 0 Å². The molecule has 16 heavy (non-hydrogen) atoms. The highest BCUT2D eigenvalue weighted by Gasteiger charge is 2.44. The van der Waals surface area contributed by atoms with E-state index in [0.29, 0.717) is 0 Å². The molecule has 4 N–H and O–H groups in total. The average molecular weight is 235 g/mol. The number of hydrogen-bond donors (Lipinski definition) is 4. The van der Waals surface area contributed by atoms with Crippen molar-refractivity contribution in [3.8, 4) is 0 Å². The van der Waals surface area contributed by atoms with Gasteiger partial charge in [-0.05, 0) is 0 Å². The molecule has 5 atom stereocenters. The van der Waals surface area contributed by atoms with Crippen LogP contribution in [0.5, 0.6) is 0 Å². The summed E-state index contributed by atoms with van der Waals surface area (Å²) in [6.45, 7) is 0.874. The first-order valence-electron chi connectivity index (χ1n) is 4.93. The van der Waals surface area contributed by atoms with E-state index in [9.17, 15) is 15.0 Å². The maximum absolute atomic E-state index is 10.9. The number of methoxy groups -OCH3 is 1. The third-order valence-corrected chi connectivity index (χ3v) is 2.51. The predicted octanol–water partition coefficient (Wildman–Crippen LogP) is -2.42. The molecule has 0 radical (unpaired) electrons. The van der Waals surface area contributed by atoms with E-state index < -0.39 is 36.6 Å². The molecule has 1 amide bonds. The van der Waals surface area contributed by atoms with Crippen LogP contribution >= 0.6 is 0 Å². The summed E-state index contributed by atoms with van der Waals surface area (Å²) in [5.41, 5.74) is 0. The van der Waals surface area contributed by atoms with E-state index in [4.69, 9.17) is 14.6 Å². The molecule has 0 aromatic heterocycles. The van der Waals surface area contributed by atoms with E-state index in [1.807, 2.05) is 0 Å². The molecule has 0 spiro atoms. The normalized spacial score (nSPS) is 39.4. The highest BCUT2D eigenvalue weighted by Crippen LogP contribution is 2.21. The molecule has 0 aromatic carbocycles. The molecular weight excluding hydrogens is 218 g/mol. The number of carbonyl (C=O) groups excluding carboxylic acids is 1. The summed E-state index contributed by atoms with van der Waals surface area (Å²) < 4.78 is 10.00. The van der Waals surface area contributed by atoms with Gasteiger partial charge in [0, 0.05) is 14.0 Å². The van der Waals surface area contributed by atoms with Crippen LogP contribution in [0, 0.1) is 0 Å². The third kappa shape index (κ3) is 2.69. The van der Waals surface area contributed by atoms with Gasteiger partial charge in [-0.15, -0.1) is 0 Å². The van der Waals surface area contributed by atoms with Crippen molar-refractivity contribution in [1.29, 1.82) is 0 Å². The Kier molecular flexibility index (Phi) is 4.63. The van der Waals surface area contributed by atoms with Crippen LogP contribution < -0.4 is 5.32 Å². The van der Waals surface area contributed by atoms with Crippen molar-refractivity contribution in [2.24, 2.45) is 0 Å². The van der Waals surface area contributed by atoms with Crippen LogP contribution in [0.2, 0.25) is 0 Å². The van der Waals surface area contributed by atoms with Crippen LogP contribution in [-0.4, -0.2) is 65.6 Å². The molecule has 1 fully saturated rings. The van der Waals surface area contributed by atoms with Crippen molar-refractivity contribution in [1.82, 2.24) is 5.32 Å². The molecule has 0 aromatic rings. The average Bonchev–Trinajstić information content (AvgIpc) is 2.23. The van der Waals surface area contributed by atoms with Crippen molar-refractivity contribution < 1.29 is 29.6 Å². The summed E-state index contributed by atoms with van der Waals surface area (Å²) in [7, 11) is 1.35. The van der Waals surface area contributed by atoms with Crippen molar-refractivity contribution in [3.05, 3.63) is 0 Å². The molecule has 1 aliphatic rings. The Morgan fingerprint density at radius 3 is 2.56 bits per heavy atom. The lowest BCUT2D eigenvalue weighted by molar-refractivity contribution is -0.258. The number of aliphatic hydroxyl groups excluding tert-OH is 3. The second-order valence-electron chi connectivity index (χ2n) is 3.66. The highest BCUT2D eigenvalue weighted by atomic mass is 16.6. The Labute approximate surface area is 93.0 Å². The van der Waals surface area contributed by atoms with Crippen LogP contribution in [0.1, 0.15) is 6.92 Å². The lowest BCUT2D eigenvalue weighted by Crippen LogP contribution is -2.64. The SMILES string of the molecule is CO[C@H]1C(CO)OC(O)C(NC(C)=O)[C@H]1O. The minimum absolute atomic E-state index is 0.389. The lowest BCUT2D eigenvalue weighted by atomic mass is 9.97. The molecule has 1 rings (SSSR count). The van der Waals surface area contributed by atoms with Gasteiger partial charge >= 0.3 is 0 Å². The van der Waals surface area contributed by atoms with Crippen molar-refractivity contribution >= 4 is 5.91 Å². The molecule has 7 nitrogen and oxygen atoms in total. The van der Waals surface area contributed by atoms with Gasteiger partial charge in [0.2, 0.25) is 5.91 Å². The first-order chi connectivity index (χ1) is 7.51. The molecule has 7 heteroatoms. The Morgan fingerprint density at radius 2 is 2.12 bits per heavy atom. The summed E-state index contributed by atoms with van der Waals surface area (Å²) in [6.07, 6.45) is -4.14. The number of aliphatic hydroxyl groups is 3. The largest absolute Gasteiger partial charge is 0.394 e. The van der Waals surface area contributed by atoms with Gasteiger partial charge in [0.15, 0.2) is 6.29 Å². The summed E-state index contributed by atoms with van der Waals surface area (Å²) in [4.78, 5) is 10.9. The Bertz CT molecular complexity index is 248. The zero-order valence-electron chi connectivity index (χ0n) is 9.16. The second-order valence-corrected chi connectivity index (χ2v) is 3.66. The van der Waals surface area contributed by atoms with Gasteiger partial charge in [0.25, 0.3) is 0 Å². The zero-order valence-corrected chi connectivity index (χ0v) is 9.16. The minimum atomic E-state index is -1.37. The standard InChI is InChI=1S/C9H17NO6/c1-4(12)10-6-7(13)8(15-2)5(3-11)16-9(6)14/h5-9,11,13-14H,3H2,1-2H3,(H,10,12)/t5?,6?,7-,8+,9?/m1/s1. The van der Waals surface area contributed by atoms with E-state index >= 15 is 0 Å². The minimum Gasteiger partial charge on any atom is -0.394 e. The quantitative estimate of drug-likeness (QED) is 0.433. The van der Waals surface area contributed by atoms with E-state index in [0.717, 1.165) is 0 Å². The smallest absolute Gasteiger partial charge is 0.217 e. The monoisotopic (exact) mass is 235 g/mol. The molecular formula is C9H17NO6. The summed E-state index contributed by atoms with van der Waals surface area (Å²) in [5, 5.41) is 30.7. The fraction of sp³-hybridized carbons (Fsp3) is 0.889. The number of nitrogens with one attached hydrogen (secondary N) is 1. The summed E-state index contributed by atoms with van der Waals surface area (Å²) in [5.74, 6) is -0.399. The predicted molar refractivity (Wildman–Crippen MR) is 52.4 cm³/mol. The fourth-order valence-electron chi connectivity index (χ4n) is 1.76. The molecule has 1 heterocycles. The number of carbonyl (C=O) groups is 1. The molecule has 0 bridgehead atoms. The number of ether oxygens (including phenoxy) is 2. The van der Waals surface area contributed by atoms with E-state index in [1.54, 1.807) is 0 Å². The topological polar surface area (TPSA) is 108 Å². The second kappa shape index (κ2) is 5.55. The van der Waals surface area contributed by atoms with Gasteiger partial charge < -0.3 is 30.1 Å². The van der Waals surface area contributed by atoms with Crippen LogP contribution in [0.25, 0.3) is 0 Å². The number of amides is 1. The van der Waals surface area contributed by atoms with Crippen molar-refractivity contribution in [2.45, 2.75) is 37.6 Å². The number of hydrogen-bond acceptors (Lipinski definition) is 6. The zero-order chi connectivity index (χ0) is 12.3. The van der Waals surface area contributed by atoms with E-state index in [1.165, 1.54) is 14.0 Å². The van der Waals surface area contributed by atoms with Crippen LogP contribution in [-0.2, 0) is 14.3 Å². The first-order valence-corrected chi connectivity index (χ1v) is 4.93. The van der Waals surface area contributed by atoms with Gasteiger partial charge in [0.05, 0.1) is 6.61 Å². The Balaban J connectivity index is 2.76. The molecule has 0 aliphatic carbocycles. The molecule has 3 unspecified atom stereocenters. The molecule has 0 saturated carbocycles. The van der Waals surface area contributed by atoms with E-state index in [2.05, 4.69) is 5.32 Å². The Hall–Kier alpha value is -0.730. The van der Waals surface area contributed by atoms with Gasteiger partial charge in [-0.2, -0.15) is 0 Å². The van der Waals surface area contributed by atoms with Crippen molar-refractivity contribution in [3.63, 3.8) is 0 Å². The number of rotatable bonds is 3. The third-order valence-electron chi connectivity index (χ3n) is 2.51. The maximum Gasteiger partial charge on any atom is 0.217 e. The maximum atomic E-state index is 10.9. The molecule has 94 valence electrons. The molecule has 1 aliphatic heterocycles. The lowest BCUT2D eigenvalue weighted by Gasteiger charge is -2.41. The van der Waals surface area contributed by atoms with E-state index in [-0.39, 0.29) is 6.61 Å². The fourth-order valence-corrected chi connectivity index (χ4v) is 1.76. The Morgan fingerprint density at radius 1 is 1.50 bits per heavy atom. The van der Waals surface area contributed by atoms with Gasteiger partial charge in [0.1, 0.15) is 24.4 Å². The van der Waals surface area contributed by atoms with Gasteiger partial charge in [-0.3, -0.25) is 4.79 Å². The highest BCUT2D eigenvalue weighted by molar-refractivity contribution is 5.73. The molecule has 1 saturated heterocycles. The van der Waals surface area contributed by atoms with Gasteiger partial charge in [-0.25, -0.2) is 0 Å².